The molecule has 1 unspecified atom stereocenters. The molecule has 24 heavy (non-hydrogen) atoms. The zero-order valence-electron chi connectivity index (χ0n) is 13.1. The van der Waals surface area contributed by atoms with Gasteiger partial charge in [-0.1, -0.05) is 29.3 Å². The Hall–Kier alpha value is -1.34. The lowest BCUT2D eigenvalue weighted by atomic mass is 10.1. The Morgan fingerprint density at radius 3 is 2.88 bits per heavy atom. The first-order valence-corrected chi connectivity index (χ1v) is 8.62. The van der Waals surface area contributed by atoms with Gasteiger partial charge in [0.05, 0.1) is 36.3 Å². The summed E-state index contributed by atoms with van der Waals surface area (Å²) < 4.78 is 5.77. The molecule has 0 aliphatic carbocycles. The monoisotopic (exact) mass is 371 g/mol. The van der Waals surface area contributed by atoms with E-state index in [1.807, 2.05) is 11.0 Å². The van der Waals surface area contributed by atoms with E-state index in [-0.39, 0.29) is 31.0 Å². The van der Waals surface area contributed by atoms with Gasteiger partial charge in [0.2, 0.25) is 11.8 Å². The molecule has 1 N–H and O–H groups in total. The molecule has 0 bridgehead atoms. The van der Waals surface area contributed by atoms with E-state index in [9.17, 15) is 9.59 Å². The van der Waals surface area contributed by atoms with Gasteiger partial charge in [-0.25, -0.2) is 0 Å². The maximum Gasteiger partial charge on any atom is 0.236 e. The van der Waals surface area contributed by atoms with Crippen LogP contribution in [0.15, 0.2) is 18.2 Å². The second kappa shape index (κ2) is 7.70. The van der Waals surface area contributed by atoms with E-state index in [4.69, 9.17) is 27.9 Å². The predicted molar refractivity (Wildman–Crippen MR) is 91.2 cm³/mol. The third kappa shape index (κ3) is 4.19. The summed E-state index contributed by atoms with van der Waals surface area (Å²) in [4.78, 5) is 27.6. The van der Waals surface area contributed by atoms with Crippen LogP contribution in [0.2, 0.25) is 10.0 Å². The fourth-order valence-corrected chi connectivity index (χ4v) is 3.21. The Balaban J connectivity index is 1.61. The van der Waals surface area contributed by atoms with Crippen molar-refractivity contribution in [2.75, 3.05) is 45.9 Å². The van der Waals surface area contributed by atoms with E-state index in [1.54, 1.807) is 17.0 Å². The third-order valence-electron chi connectivity index (χ3n) is 4.21. The van der Waals surface area contributed by atoms with Crippen LogP contribution in [0.4, 0.5) is 0 Å². The summed E-state index contributed by atoms with van der Waals surface area (Å²) in [6.45, 7) is 3.29. The minimum absolute atomic E-state index is 0.0121. The summed E-state index contributed by atoms with van der Waals surface area (Å²) in [6.07, 6.45) is -0.220. The standard InChI is InChI=1S/C16H19Cl2N3O3/c17-12-2-1-11(7-13(12)18)14-8-21(5-6-24-14)16(23)10-20-4-3-19-15(22)9-20/h1-2,7,14H,3-6,8-10H2,(H,19,22). The fraction of sp³-hybridized carbons (Fsp3) is 0.500. The molecule has 0 aromatic heterocycles. The molecule has 2 fully saturated rings. The topological polar surface area (TPSA) is 61.9 Å². The van der Waals surface area contributed by atoms with Crippen LogP contribution in [0.1, 0.15) is 11.7 Å². The number of hydrogen-bond donors (Lipinski definition) is 1. The molecular formula is C16H19Cl2N3O3. The zero-order valence-corrected chi connectivity index (χ0v) is 14.6. The number of halogens is 2. The number of ether oxygens (including phenoxy) is 1. The molecule has 3 rings (SSSR count). The van der Waals surface area contributed by atoms with E-state index < -0.39 is 0 Å². The van der Waals surface area contributed by atoms with Crippen molar-refractivity contribution in [3.8, 4) is 0 Å². The summed E-state index contributed by atoms with van der Waals surface area (Å²) in [5.74, 6) is -0.0252. The quantitative estimate of drug-likeness (QED) is 0.870. The predicted octanol–water partition coefficient (Wildman–Crippen LogP) is 1.33. The lowest BCUT2D eigenvalue weighted by molar-refractivity contribution is -0.141. The molecule has 2 heterocycles. The Morgan fingerprint density at radius 2 is 2.12 bits per heavy atom. The Labute approximate surface area is 150 Å². The van der Waals surface area contributed by atoms with Crippen LogP contribution in [0.5, 0.6) is 0 Å². The molecule has 1 atom stereocenters. The van der Waals surface area contributed by atoms with E-state index in [0.717, 1.165) is 5.56 Å². The van der Waals surface area contributed by atoms with Crippen LogP contribution in [-0.4, -0.2) is 67.5 Å². The first-order chi connectivity index (χ1) is 11.5. The molecule has 6 nitrogen and oxygen atoms in total. The highest BCUT2D eigenvalue weighted by Gasteiger charge is 2.28. The van der Waals surface area contributed by atoms with Crippen molar-refractivity contribution < 1.29 is 14.3 Å². The van der Waals surface area contributed by atoms with Crippen LogP contribution in [-0.2, 0) is 14.3 Å². The number of amides is 2. The second-order valence-electron chi connectivity index (χ2n) is 5.93. The van der Waals surface area contributed by atoms with E-state index in [0.29, 0.717) is 42.8 Å². The van der Waals surface area contributed by atoms with Crippen molar-refractivity contribution in [2.45, 2.75) is 6.10 Å². The number of carbonyl (C=O) groups excluding carboxylic acids is 2. The smallest absolute Gasteiger partial charge is 0.236 e. The van der Waals surface area contributed by atoms with Crippen molar-refractivity contribution in [2.24, 2.45) is 0 Å². The van der Waals surface area contributed by atoms with Crippen LogP contribution in [0, 0.1) is 0 Å². The zero-order chi connectivity index (χ0) is 17.1. The Bertz CT molecular complexity index is 641. The molecule has 1 aromatic rings. The number of hydrogen-bond acceptors (Lipinski definition) is 4. The van der Waals surface area contributed by atoms with Crippen LogP contribution < -0.4 is 5.32 Å². The van der Waals surface area contributed by atoms with Crippen LogP contribution in [0.25, 0.3) is 0 Å². The van der Waals surface area contributed by atoms with Gasteiger partial charge in [-0.05, 0) is 17.7 Å². The highest BCUT2D eigenvalue weighted by atomic mass is 35.5. The van der Waals surface area contributed by atoms with Gasteiger partial charge in [0.1, 0.15) is 6.10 Å². The average molecular weight is 372 g/mol. The average Bonchev–Trinajstić information content (AvgIpc) is 2.57. The summed E-state index contributed by atoms with van der Waals surface area (Å²) in [5.41, 5.74) is 0.902. The number of nitrogens with one attached hydrogen (secondary N) is 1. The van der Waals surface area contributed by atoms with Gasteiger partial charge in [-0.3, -0.25) is 14.5 Å². The second-order valence-corrected chi connectivity index (χ2v) is 6.75. The van der Waals surface area contributed by atoms with Gasteiger partial charge in [0.15, 0.2) is 0 Å². The highest BCUT2D eigenvalue weighted by Crippen LogP contribution is 2.29. The number of benzene rings is 1. The molecule has 2 aliphatic heterocycles. The van der Waals surface area contributed by atoms with Crippen molar-refractivity contribution in [1.29, 1.82) is 0 Å². The summed E-state index contributed by atoms with van der Waals surface area (Å²) in [5, 5.41) is 3.72. The highest BCUT2D eigenvalue weighted by molar-refractivity contribution is 6.42. The van der Waals surface area contributed by atoms with Crippen molar-refractivity contribution >= 4 is 35.0 Å². The van der Waals surface area contributed by atoms with Crippen LogP contribution >= 0.6 is 23.2 Å². The number of piperazine rings is 1. The number of nitrogens with zero attached hydrogens (tertiary/aromatic N) is 2. The number of rotatable bonds is 3. The fourth-order valence-electron chi connectivity index (χ4n) is 2.91. The number of carbonyl (C=O) groups is 2. The molecular weight excluding hydrogens is 353 g/mol. The maximum atomic E-state index is 12.5. The van der Waals surface area contributed by atoms with Crippen molar-refractivity contribution in [1.82, 2.24) is 15.1 Å². The number of morpholine rings is 1. The Kier molecular flexibility index (Phi) is 5.61. The SMILES string of the molecule is O=C1CN(CC(=O)N2CCOC(c3ccc(Cl)c(Cl)c3)C2)CCN1. The maximum absolute atomic E-state index is 12.5. The lowest BCUT2D eigenvalue weighted by Crippen LogP contribution is -2.52. The molecule has 2 saturated heterocycles. The van der Waals surface area contributed by atoms with Gasteiger partial charge in [-0.2, -0.15) is 0 Å². The third-order valence-corrected chi connectivity index (χ3v) is 4.95. The molecule has 0 radical (unpaired) electrons. The van der Waals surface area contributed by atoms with Gasteiger partial charge in [0, 0.05) is 19.6 Å². The molecule has 0 saturated carbocycles. The summed E-state index contributed by atoms with van der Waals surface area (Å²) in [7, 11) is 0. The van der Waals surface area contributed by atoms with Gasteiger partial charge in [-0.15, -0.1) is 0 Å². The van der Waals surface area contributed by atoms with E-state index in [2.05, 4.69) is 5.32 Å². The molecule has 2 amide bonds. The normalized spacial score (nSPS) is 22.3. The van der Waals surface area contributed by atoms with E-state index >= 15 is 0 Å². The summed E-state index contributed by atoms with van der Waals surface area (Å²) >= 11 is 12.0. The molecule has 8 heteroatoms. The van der Waals surface area contributed by atoms with E-state index in [1.165, 1.54) is 0 Å². The first kappa shape index (κ1) is 17.5. The Morgan fingerprint density at radius 1 is 1.29 bits per heavy atom. The summed E-state index contributed by atoms with van der Waals surface area (Å²) in [6, 6.07) is 5.37. The van der Waals surface area contributed by atoms with Crippen LogP contribution in [0.3, 0.4) is 0 Å². The van der Waals surface area contributed by atoms with Crippen molar-refractivity contribution in [3.05, 3.63) is 33.8 Å². The molecule has 0 spiro atoms. The molecule has 1 aromatic carbocycles. The van der Waals surface area contributed by atoms with Gasteiger partial charge < -0.3 is 15.0 Å². The largest absolute Gasteiger partial charge is 0.370 e. The first-order valence-electron chi connectivity index (χ1n) is 7.86. The van der Waals surface area contributed by atoms with Gasteiger partial charge >= 0.3 is 0 Å². The molecule has 130 valence electrons. The lowest BCUT2D eigenvalue weighted by Gasteiger charge is -2.35. The minimum Gasteiger partial charge on any atom is -0.370 e. The van der Waals surface area contributed by atoms with Gasteiger partial charge in [0.25, 0.3) is 0 Å². The molecule has 2 aliphatic rings. The minimum atomic E-state index is -0.220. The van der Waals surface area contributed by atoms with Crippen molar-refractivity contribution in [3.63, 3.8) is 0 Å².